The predicted molar refractivity (Wildman–Crippen MR) is 105 cm³/mol. The van der Waals surface area contributed by atoms with E-state index in [1.54, 1.807) is 24.3 Å². The summed E-state index contributed by atoms with van der Waals surface area (Å²) in [5, 5.41) is -0.824. The Morgan fingerprint density at radius 1 is 1.14 bits per heavy atom. The highest BCUT2D eigenvalue weighted by Crippen LogP contribution is 2.33. The summed E-state index contributed by atoms with van der Waals surface area (Å²) in [5.74, 6) is 2.80. The van der Waals surface area contributed by atoms with Gasteiger partial charge >= 0.3 is 0 Å². The quantitative estimate of drug-likeness (QED) is 0.665. The van der Waals surface area contributed by atoms with Crippen LogP contribution in [0.15, 0.2) is 42.5 Å². The molecule has 2 amide bonds. The van der Waals surface area contributed by atoms with Crippen molar-refractivity contribution in [3.05, 3.63) is 59.4 Å². The van der Waals surface area contributed by atoms with E-state index in [9.17, 15) is 14.0 Å². The molecular formula is C21H18FNO4S. The van der Waals surface area contributed by atoms with Gasteiger partial charge in [-0.15, -0.1) is 6.42 Å². The van der Waals surface area contributed by atoms with Crippen molar-refractivity contribution in [2.75, 3.05) is 13.7 Å². The van der Waals surface area contributed by atoms with Crippen molar-refractivity contribution in [2.24, 2.45) is 0 Å². The van der Waals surface area contributed by atoms with Crippen LogP contribution in [0.5, 0.6) is 11.5 Å². The van der Waals surface area contributed by atoms with Crippen molar-refractivity contribution in [3.8, 4) is 23.8 Å². The molecule has 0 N–H and O–H groups in total. The van der Waals surface area contributed by atoms with Crippen molar-refractivity contribution in [1.29, 1.82) is 0 Å². The summed E-state index contributed by atoms with van der Waals surface area (Å²) < 4.78 is 23.8. The van der Waals surface area contributed by atoms with E-state index in [1.165, 1.54) is 24.1 Å². The van der Waals surface area contributed by atoms with Gasteiger partial charge in [-0.1, -0.05) is 35.9 Å². The molecule has 1 aliphatic rings. The lowest BCUT2D eigenvalue weighted by atomic mass is 10.1. The molecule has 0 aliphatic carbocycles. The molecule has 0 aromatic heterocycles. The number of halogens is 1. The Morgan fingerprint density at radius 2 is 1.86 bits per heavy atom. The number of rotatable bonds is 7. The molecule has 144 valence electrons. The van der Waals surface area contributed by atoms with Crippen molar-refractivity contribution < 1.29 is 23.5 Å². The predicted octanol–water partition coefficient (Wildman–Crippen LogP) is 3.65. The second-order valence-corrected chi connectivity index (χ2v) is 7.26. The second-order valence-electron chi connectivity index (χ2n) is 6.11. The summed E-state index contributed by atoms with van der Waals surface area (Å²) in [4.78, 5) is 26.2. The molecule has 1 saturated heterocycles. The van der Waals surface area contributed by atoms with Crippen LogP contribution in [-0.4, -0.2) is 35.0 Å². The molecule has 2 aromatic rings. The number of terminal acetylenes is 1. The number of carbonyl (C=O) groups excluding carboxylic acids is 2. The van der Waals surface area contributed by atoms with Crippen LogP contribution in [0.2, 0.25) is 0 Å². The van der Waals surface area contributed by atoms with E-state index in [0.29, 0.717) is 23.5 Å². The zero-order valence-electron chi connectivity index (χ0n) is 15.2. The van der Waals surface area contributed by atoms with Gasteiger partial charge in [-0.25, -0.2) is 4.39 Å². The van der Waals surface area contributed by atoms with E-state index in [2.05, 4.69) is 5.92 Å². The summed E-state index contributed by atoms with van der Waals surface area (Å²) in [7, 11) is 1.52. The van der Waals surface area contributed by atoms with E-state index in [1.807, 2.05) is 6.07 Å². The highest BCUT2D eigenvalue weighted by molar-refractivity contribution is 8.15. The highest BCUT2D eigenvalue weighted by atomic mass is 32.2. The largest absolute Gasteiger partial charge is 0.493 e. The van der Waals surface area contributed by atoms with Crippen molar-refractivity contribution in [3.63, 3.8) is 0 Å². The Hall–Kier alpha value is -2.98. The van der Waals surface area contributed by atoms with E-state index < -0.39 is 5.25 Å². The highest BCUT2D eigenvalue weighted by Gasteiger charge is 2.39. The summed E-state index contributed by atoms with van der Waals surface area (Å²) in [6.45, 7) is 0.253. The van der Waals surface area contributed by atoms with E-state index in [4.69, 9.17) is 15.9 Å². The Morgan fingerprint density at radius 3 is 2.54 bits per heavy atom. The van der Waals surface area contributed by atoms with Crippen LogP contribution in [0.3, 0.4) is 0 Å². The number of imide groups is 1. The topological polar surface area (TPSA) is 55.8 Å². The first-order valence-corrected chi connectivity index (χ1v) is 9.39. The minimum absolute atomic E-state index is 0.125. The average Bonchev–Trinajstić information content (AvgIpc) is 2.95. The summed E-state index contributed by atoms with van der Waals surface area (Å²) >= 11 is 0.995. The number of hydrogen-bond acceptors (Lipinski definition) is 5. The first-order chi connectivity index (χ1) is 13.5. The zero-order valence-corrected chi connectivity index (χ0v) is 16.0. The van der Waals surface area contributed by atoms with Gasteiger partial charge in [0.2, 0.25) is 5.91 Å². The molecule has 1 heterocycles. The first-order valence-electron chi connectivity index (χ1n) is 8.51. The molecule has 0 bridgehead atoms. The molecule has 1 atom stereocenters. The van der Waals surface area contributed by atoms with Crippen molar-refractivity contribution >= 4 is 22.9 Å². The Bertz CT molecular complexity index is 923. The van der Waals surface area contributed by atoms with Gasteiger partial charge in [0, 0.05) is 0 Å². The minimum atomic E-state index is -0.518. The smallest absolute Gasteiger partial charge is 0.289 e. The normalized spacial score (nSPS) is 16.2. The van der Waals surface area contributed by atoms with Gasteiger partial charge in [-0.05, 0) is 41.8 Å². The number of nitrogens with zero attached hydrogens (tertiary/aromatic N) is 1. The van der Waals surface area contributed by atoms with E-state index in [-0.39, 0.29) is 30.1 Å². The number of hydrogen-bond donors (Lipinski definition) is 0. The van der Waals surface area contributed by atoms with Crippen molar-refractivity contribution in [1.82, 2.24) is 4.90 Å². The number of amides is 2. The molecule has 28 heavy (non-hydrogen) atoms. The monoisotopic (exact) mass is 399 g/mol. The molecular weight excluding hydrogens is 381 g/mol. The van der Waals surface area contributed by atoms with Gasteiger partial charge in [0.1, 0.15) is 12.4 Å². The average molecular weight is 399 g/mol. The molecule has 0 unspecified atom stereocenters. The van der Waals surface area contributed by atoms with Crippen LogP contribution in [0.1, 0.15) is 11.1 Å². The molecule has 7 heteroatoms. The number of methoxy groups -OCH3 is 1. The molecule has 0 saturated carbocycles. The molecule has 2 aromatic carbocycles. The lowest BCUT2D eigenvalue weighted by Crippen LogP contribution is -2.31. The van der Waals surface area contributed by atoms with Gasteiger partial charge in [-0.3, -0.25) is 14.5 Å². The number of benzene rings is 2. The Kier molecular flexibility index (Phi) is 6.22. The van der Waals surface area contributed by atoms with Crippen LogP contribution in [0.4, 0.5) is 9.18 Å². The van der Waals surface area contributed by atoms with E-state index >= 15 is 0 Å². The van der Waals surface area contributed by atoms with Crippen LogP contribution in [0.25, 0.3) is 0 Å². The number of carbonyl (C=O) groups is 2. The maximum Gasteiger partial charge on any atom is 0.289 e. The fourth-order valence-electron chi connectivity index (χ4n) is 2.84. The summed E-state index contributed by atoms with van der Waals surface area (Å²) in [6.07, 6.45) is 5.58. The lowest BCUT2D eigenvalue weighted by molar-refractivity contribution is -0.127. The Labute approximate surface area is 166 Å². The van der Waals surface area contributed by atoms with Crippen LogP contribution in [0, 0.1) is 18.2 Å². The maximum atomic E-state index is 13.0. The number of ether oxygens (including phenoxy) is 2. The third-order valence-electron chi connectivity index (χ3n) is 4.22. The zero-order chi connectivity index (χ0) is 20.1. The van der Waals surface area contributed by atoms with E-state index in [0.717, 1.165) is 17.3 Å². The van der Waals surface area contributed by atoms with Crippen LogP contribution < -0.4 is 9.47 Å². The fourth-order valence-corrected chi connectivity index (χ4v) is 3.86. The Balaban J connectivity index is 1.69. The maximum absolute atomic E-state index is 13.0. The molecule has 1 fully saturated rings. The lowest BCUT2D eigenvalue weighted by Gasteiger charge is -2.14. The molecule has 1 aliphatic heterocycles. The fraction of sp³-hybridized carbons (Fsp3) is 0.238. The van der Waals surface area contributed by atoms with Gasteiger partial charge in [-0.2, -0.15) is 0 Å². The van der Waals surface area contributed by atoms with Gasteiger partial charge in [0.15, 0.2) is 11.5 Å². The third-order valence-corrected chi connectivity index (χ3v) is 5.29. The standard InChI is InChI=1S/C21H18FNO4S/c1-3-10-27-17-9-6-15(11-18(17)26-2)12-19-20(24)23(21(25)28-19)13-14-4-7-16(22)8-5-14/h1,4-9,11,19H,10,12-13H2,2H3/t19-/m0/s1. The minimum Gasteiger partial charge on any atom is -0.493 e. The first kappa shape index (κ1) is 19.8. The third kappa shape index (κ3) is 4.46. The summed E-state index contributed by atoms with van der Waals surface area (Å²) in [5.41, 5.74) is 1.54. The second kappa shape index (κ2) is 8.81. The molecule has 0 spiro atoms. The van der Waals surface area contributed by atoms with Gasteiger partial charge in [0.05, 0.1) is 18.9 Å². The van der Waals surface area contributed by atoms with Gasteiger partial charge < -0.3 is 9.47 Å². The van der Waals surface area contributed by atoms with Crippen LogP contribution in [-0.2, 0) is 17.8 Å². The van der Waals surface area contributed by atoms with Crippen LogP contribution >= 0.6 is 11.8 Å². The molecule has 3 rings (SSSR count). The SMILES string of the molecule is C#CCOc1ccc(C[C@@H]2SC(=O)N(Cc3ccc(F)cc3)C2=O)cc1OC. The molecule has 0 radical (unpaired) electrons. The van der Waals surface area contributed by atoms with Gasteiger partial charge in [0.25, 0.3) is 5.24 Å². The molecule has 5 nitrogen and oxygen atoms in total. The number of thioether (sulfide) groups is 1. The van der Waals surface area contributed by atoms with Crippen molar-refractivity contribution in [2.45, 2.75) is 18.2 Å². The summed E-state index contributed by atoms with van der Waals surface area (Å²) in [6, 6.07) is 11.1.